The van der Waals surface area contributed by atoms with Crippen molar-refractivity contribution in [1.82, 2.24) is 9.80 Å². The van der Waals surface area contributed by atoms with Crippen molar-refractivity contribution in [1.29, 1.82) is 0 Å². The van der Waals surface area contributed by atoms with Crippen LogP contribution in [0.2, 0.25) is 0 Å². The summed E-state index contributed by atoms with van der Waals surface area (Å²) in [5.41, 5.74) is 3.71. The third kappa shape index (κ3) is 5.11. The molecule has 1 aliphatic carbocycles. The second-order valence-electron chi connectivity index (χ2n) is 8.40. The van der Waals surface area contributed by atoms with Gasteiger partial charge >= 0.3 is 0 Å². The molecule has 2 aliphatic rings. The summed E-state index contributed by atoms with van der Waals surface area (Å²) in [4.78, 5) is 17.1. The number of carbonyl (C=O) groups excluding carboxylic acids is 1. The topological polar surface area (TPSA) is 57.7 Å². The largest absolute Gasteiger partial charge is 0.335 e. The molecule has 0 spiro atoms. The summed E-state index contributed by atoms with van der Waals surface area (Å²) in [7, 11) is -1.03. The zero-order valence-electron chi connectivity index (χ0n) is 16.8. The summed E-state index contributed by atoms with van der Waals surface area (Å²) in [6.45, 7) is 5.24. The number of hydrogen-bond donors (Lipinski definition) is 0. The second-order valence-corrected chi connectivity index (χ2v) is 10.6. The molecule has 0 unspecified atom stereocenters. The van der Waals surface area contributed by atoms with E-state index in [0.29, 0.717) is 13.0 Å². The maximum Gasteiger partial charge on any atom is 0.237 e. The van der Waals surface area contributed by atoms with E-state index in [1.807, 2.05) is 16.8 Å². The molecule has 0 aromatic heterocycles. The van der Waals surface area contributed by atoms with Gasteiger partial charge in [-0.3, -0.25) is 9.69 Å². The number of nitrogens with zero attached hydrogens (tertiary/aromatic N) is 2. The van der Waals surface area contributed by atoms with Gasteiger partial charge < -0.3 is 4.90 Å². The van der Waals surface area contributed by atoms with Gasteiger partial charge in [0, 0.05) is 18.6 Å². The molecule has 0 bridgehead atoms. The Hall–Kier alpha value is -1.40. The lowest BCUT2D eigenvalue weighted by atomic mass is 10.1. The number of aryl methyl sites for hydroxylation is 2. The first-order chi connectivity index (χ1) is 12.7. The number of amides is 1. The van der Waals surface area contributed by atoms with Crippen molar-refractivity contribution in [2.24, 2.45) is 0 Å². The molecule has 1 amide bonds. The van der Waals surface area contributed by atoms with Crippen molar-refractivity contribution >= 4 is 15.7 Å². The van der Waals surface area contributed by atoms with Crippen molar-refractivity contribution < 1.29 is 13.2 Å². The van der Waals surface area contributed by atoms with Crippen LogP contribution in [0.1, 0.15) is 48.8 Å². The number of carbonyl (C=O) groups is 1. The van der Waals surface area contributed by atoms with Crippen LogP contribution in [0.3, 0.4) is 0 Å². The van der Waals surface area contributed by atoms with Gasteiger partial charge in [0.25, 0.3) is 0 Å². The minimum atomic E-state index is -3.00. The predicted molar refractivity (Wildman–Crippen MR) is 108 cm³/mol. The van der Waals surface area contributed by atoms with E-state index in [4.69, 9.17) is 0 Å². The van der Waals surface area contributed by atoms with E-state index in [0.717, 1.165) is 32.2 Å². The van der Waals surface area contributed by atoms with Crippen molar-refractivity contribution in [2.75, 3.05) is 25.1 Å². The molecule has 1 aromatic carbocycles. The first kappa shape index (κ1) is 20.3. The van der Waals surface area contributed by atoms with E-state index in [9.17, 15) is 13.2 Å². The van der Waals surface area contributed by atoms with Crippen LogP contribution < -0.4 is 0 Å². The van der Waals surface area contributed by atoms with Crippen molar-refractivity contribution in [3.05, 3.63) is 34.9 Å². The minimum Gasteiger partial charge on any atom is -0.335 e. The highest BCUT2D eigenvalue weighted by Crippen LogP contribution is 2.29. The van der Waals surface area contributed by atoms with E-state index in [1.165, 1.54) is 16.7 Å². The lowest BCUT2D eigenvalue weighted by Crippen LogP contribution is -2.50. The van der Waals surface area contributed by atoms with Gasteiger partial charge in [-0.2, -0.15) is 0 Å². The average molecular weight is 393 g/mol. The molecule has 1 saturated carbocycles. The fraction of sp³-hybridized carbons (Fsp3) is 0.667. The molecule has 6 heteroatoms. The molecule has 1 atom stereocenters. The van der Waals surface area contributed by atoms with Gasteiger partial charge in [0.05, 0.1) is 18.1 Å². The smallest absolute Gasteiger partial charge is 0.237 e. The Bertz CT molecular complexity index is 785. The van der Waals surface area contributed by atoms with Crippen LogP contribution in [-0.4, -0.2) is 61.3 Å². The van der Waals surface area contributed by atoms with Crippen LogP contribution in [0.15, 0.2) is 18.2 Å². The van der Waals surface area contributed by atoms with Crippen molar-refractivity contribution in [3.63, 3.8) is 0 Å². The standard InChI is InChI=1S/C21H32N2O3S/c1-16-8-9-18(17(2)12-16)13-22(3)14-21(24)23(19-6-4-5-7-19)20-10-11-27(25,26)15-20/h8-9,12,19-20H,4-7,10-11,13-15H2,1-3H3/t20-/m0/s1. The predicted octanol–water partition coefficient (Wildman–Crippen LogP) is 2.69. The van der Waals surface area contributed by atoms with Gasteiger partial charge in [-0.15, -0.1) is 0 Å². The summed E-state index contributed by atoms with van der Waals surface area (Å²) >= 11 is 0. The summed E-state index contributed by atoms with van der Waals surface area (Å²) in [6, 6.07) is 6.47. The lowest BCUT2D eigenvalue weighted by Gasteiger charge is -2.35. The van der Waals surface area contributed by atoms with E-state index in [1.54, 1.807) is 0 Å². The Balaban J connectivity index is 1.68. The van der Waals surface area contributed by atoms with E-state index >= 15 is 0 Å². The highest BCUT2D eigenvalue weighted by molar-refractivity contribution is 7.91. The third-order valence-corrected chi connectivity index (χ3v) is 7.70. The minimum absolute atomic E-state index is 0.0799. The SMILES string of the molecule is Cc1ccc(CN(C)CC(=O)N(C2CCCC2)[C@H]2CCS(=O)(=O)C2)c(C)c1. The van der Waals surface area contributed by atoms with Gasteiger partial charge in [0.1, 0.15) is 0 Å². The Morgan fingerprint density at radius 2 is 1.81 bits per heavy atom. The molecule has 2 fully saturated rings. The maximum atomic E-state index is 13.2. The Morgan fingerprint density at radius 3 is 2.41 bits per heavy atom. The van der Waals surface area contributed by atoms with Crippen LogP contribution in [-0.2, 0) is 21.2 Å². The summed E-state index contributed by atoms with van der Waals surface area (Å²) in [5.74, 6) is 0.430. The number of sulfone groups is 1. The molecule has 5 nitrogen and oxygen atoms in total. The molecule has 0 N–H and O–H groups in total. The van der Waals surface area contributed by atoms with Gasteiger partial charge in [-0.1, -0.05) is 36.6 Å². The molecule has 3 rings (SSSR count). The monoisotopic (exact) mass is 392 g/mol. The second kappa shape index (κ2) is 8.31. The Morgan fingerprint density at radius 1 is 1.11 bits per heavy atom. The molecule has 150 valence electrons. The fourth-order valence-corrected chi connectivity index (χ4v) is 6.28. The molecule has 1 saturated heterocycles. The van der Waals surface area contributed by atoms with Crippen LogP contribution in [0.5, 0.6) is 0 Å². The maximum absolute atomic E-state index is 13.2. The highest BCUT2D eigenvalue weighted by atomic mass is 32.2. The number of benzene rings is 1. The van der Waals surface area contributed by atoms with Gasteiger partial charge in [-0.25, -0.2) is 8.42 Å². The number of rotatable bonds is 6. The summed E-state index contributed by atoms with van der Waals surface area (Å²) in [5, 5.41) is 0. The van der Waals surface area contributed by atoms with E-state index in [2.05, 4.69) is 32.0 Å². The Kier molecular flexibility index (Phi) is 6.26. The van der Waals surface area contributed by atoms with Gasteiger partial charge in [0.15, 0.2) is 9.84 Å². The highest BCUT2D eigenvalue weighted by Gasteiger charge is 2.39. The quantitative estimate of drug-likeness (QED) is 0.747. The van der Waals surface area contributed by atoms with Crippen LogP contribution in [0.4, 0.5) is 0 Å². The zero-order chi connectivity index (χ0) is 19.6. The van der Waals surface area contributed by atoms with Crippen molar-refractivity contribution in [2.45, 2.75) is 64.6 Å². The molecular weight excluding hydrogens is 360 g/mol. The van der Waals surface area contributed by atoms with E-state index in [-0.39, 0.29) is 29.5 Å². The van der Waals surface area contributed by atoms with Crippen molar-refractivity contribution in [3.8, 4) is 0 Å². The normalized spacial score (nSPS) is 22.4. The van der Waals surface area contributed by atoms with Crippen LogP contribution >= 0.6 is 0 Å². The third-order valence-electron chi connectivity index (χ3n) is 5.95. The molecule has 0 radical (unpaired) electrons. The first-order valence-electron chi connectivity index (χ1n) is 10.0. The molecule has 1 aliphatic heterocycles. The van der Waals surface area contributed by atoms with Crippen LogP contribution in [0.25, 0.3) is 0 Å². The fourth-order valence-electron chi connectivity index (χ4n) is 4.57. The summed E-state index contributed by atoms with van der Waals surface area (Å²) < 4.78 is 23.9. The average Bonchev–Trinajstić information content (AvgIpc) is 3.20. The number of hydrogen-bond acceptors (Lipinski definition) is 4. The Labute approximate surface area is 163 Å². The molecule has 27 heavy (non-hydrogen) atoms. The van der Waals surface area contributed by atoms with Crippen LogP contribution in [0, 0.1) is 13.8 Å². The van der Waals surface area contributed by atoms with Gasteiger partial charge in [-0.05, 0) is 51.3 Å². The molecule has 1 heterocycles. The lowest BCUT2D eigenvalue weighted by molar-refractivity contribution is -0.136. The molecular formula is C21H32N2O3S. The number of likely N-dealkylation sites (N-methyl/N-ethyl adjacent to an activating group) is 1. The molecule has 1 aromatic rings. The first-order valence-corrected chi connectivity index (χ1v) is 11.8. The zero-order valence-corrected chi connectivity index (χ0v) is 17.6. The van der Waals surface area contributed by atoms with E-state index < -0.39 is 9.84 Å². The van der Waals surface area contributed by atoms with Gasteiger partial charge in [0.2, 0.25) is 5.91 Å². The summed E-state index contributed by atoms with van der Waals surface area (Å²) in [6.07, 6.45) is 4.86.